The van der Waals surface area contributed by atoms with Gasteiger partial charge in [-0.05, 0) is 56.7 Å². The number of nitriles is 1. The Balaban J connectivity index is 0.000000569. The summed E-state index contributed by atoms with van der Waals surface area (Å²) in [5, 5.41) is 9.40. The fraction of sp³-hybridized carbons (Fsp3) is 0.286. The Morgan fingerprint density at radius 3 is 2.45 bits per heavy atom. The molecule has 0 aromatic heterocycles. The first-order valence-electron chi connectivity index (χ1n) is 9.72. The van der Waals surface area contributed by atoms with Crippen molar-refractivity contribution in [3.63, 3.8) is 0 Å². The molecule has 0 fully saturated rings. The number of aliphatic imine (C=N–C) groups is 2. The van der Waals surface area contributed by atoms with Gasteiger partial charge in [-0.25, -0.2) is 4.99 Å². The van der Waals surface area contributed by atoms with E-state index in [1.54, 1.807) is 29.2 Å². The van der Waals surface area contributed by atoms with Crippen LogP contribution in [0, 0.1) is 11.3 Å². The highest BCUT2D eigenvalue weighted by atomic mass is 35.5. The summed E-state index contributed by atoms with van der Waals surface area (Å²) in [6.45, 7) is 5.42. The summed E-state index contributed by atoms with van der Waals surface area (Å²) in [7, 11) is -3.66. The maximum atomic E-state index is 9.56. The molecule has 1 aliphatic rings. The lowest BCUT2D eigenvalue weighted by molar-refractivity contribution is 0.306. The molecular formula is C21H25ClN6O4S. The SMILES string of the molecule is CC1(C)N=C(N)N=C(N)N1c1ccc(OCc2cccc(C#N)c2)c(Cl)c1.CCS(=O)(=O)O. The van der Waals surface area contributed by atoms with E-state index in [4.69, 9.17) is 37.6 Å². The number of rotatable bonds is 5. The molecule has 3 rings (SSSR count). The molecule has 0 saturated heterocycles. The quantitative estimate of drug-likeness (QED) is 0.535. The van der Waals surface area contributed by atoms with Crippen LogP contribution in [0.5, 0.6) is 5.75 Å². The normalized spacial score (nSPS) is 14.8. The van der Waals surface area contributed by atoms with Gasteiger partial charge in [0.1, 0.15) is 18.0 Å². The van der Waals surface area contributed by atoms with Crippen molar-refractivity contribution in [2.24, 2.45) is 21.5 Å². The van der Waals surface area contributed by atoms with Gasteiger partial charge < -0.3 is 16.2 Å². The van der Waals surface area contributed by atoms with Crippen LogP contribution < -0.4 is 21.1 Å². The van der Waals surface area contributed by atoms with Crippen LogP contribution in [0.15, 0.2) is 52.4 Å². The summed E-state index contributed by atoms with van der Waals surface area (Å²) in [5.41, 5.74) is 13.2. The monoisotopic (exact) mass is 492 g/mol. The van der Waals surface area contributed by atoms with Gasteiger partial charge in [0.25, 0.3) is 10.1 Å². The molecule has 12 heteroatoms. The van der Waals surface area contributed by atoms with Gasteiger partial charge in [-0.15, -0.1) is 0 Å². The van der Waals surface area contributed by atoms with Crippen LogP contribution in [0.25, 0.3) is 0 Å². The topological polar surface area (TPSA) is 167 Å². The summed E-state index contributed by atoms with van der Waals surface area (Å²) in [5.74, 6) is 0.702. The molecule has 0 atom stereocenters. The number of guanidine groups is 2. The third-order valence-corrected chi connectivity index (χ3v) is 5.41. The predicted molar refractivity (Wildman–Crippen MR) is 129 cm³/mol. The molecular weight excluding hydrogens is 468 g/mol. The van der Waals surface area contributed by atoms with Crippen LogP contribution in [-0.4, -0.2) is 36.3 Å². The highest BCUT2D eigenvalue weighted by molar-refractivity contribution is 7.85. The fourth-order valence-electron chi connectivity index (χ4n) is 2.89. The molecule has 1 heterocycles. The third kappa shape index (κ3) is 7.35. The number of ether oxygens (including phenoxy) is 1. The lowest BCUT2D eigenvalue weighted by Crippen LogP contribution is -2.54. The Bertz CT molecular complexity index is 1220. The zero-order valence-electron chi connectivity index (χ0n) is 18.4. The van der Waals surface area contributed by atoms with Crippen molar-refractivity contribution in [1.82, 2.24) is 0 Å². The minimum Gasteiger partial charge on any atom is -0.487 e. The second kappa shape index (κ2) is 10.5. The maximum Gasteiger partial charge on any atom is 0.264 e. The fourth-order valence-corrected chi connectivity index (χ4v) is 3.12. The van der Waals surface area contributed by atoms with Crippen LogP contribution >= 0.6 is 11.6 Å². The Kier molecular flexibility index (Phi) is 8.27. The van der Waals surface area contributed by atoms with E-state index in [0.29, 0.717) is 22.9 Å². The zero-order chi connectivity index (χ0) is 24.8. The summed E-state index contributed by atoms with van der Waals surface area (Å²) < 4.78 is 32.7. The van der Waals surface area contributed by atoms with E-state index in [0.717, 1.165) is 11.3 Å². The third-order valence-electron chi connectivity index (χ3n) is 4.38. The molecule has 0 radical (unpaired) electrons. The van der Waals surface area contributed by atoms with Crippen molar-refractivity contribution in [3.05, 3.63) is 58.6 Å². The molecule has 0 amide bonds. The van der Waals surface area contributed by atoms with E-state index in [2.05, 4.69) is 16.1 Å². The number of halogens is 1. The van der Waals surface area contributed by atoms with Gasteiger partial charge in [-0.1, -0.05) is 23.7 Å². The second-order valence-electron chi connectivity index (χ2n) is 7.36. The number of hydrogen-bond donors (Lipinski definition) is 3. The minimum absolute atomic E-state index is 0.138. The minimum atomic E-state index is -3.66. The summed E-state index contributed by atoms with van der Waals surface area (Å²) in [6, 6.07) is 14.7. The summed E-state index contributed by atoms with van der Waals surface area (Å²) >= 11 is 6.40. The lowest BCUT2D eigenvalue weighted by atomic mass is 10.1. The molecule has 10 nitrogen and oxygen atoms in total. The van der Waals surface area contributed by atoms with Crippen molar-refractivity contribution >= 4 is 39.3 Å². The van der Waals surface area contributed by atoms with Crippen LogP contribution in [0.2, 0.25) is 5.02 Å². The molecule has 0 aliphatic carbocycles. The molecule has 5 N–H and O–H groups in total. The number of nitrogens with zero attached hydrogens (tertiary/aromatic N) is 4. The van der Waals surface area contributed by atoms with E-state index in [1.807, 2.05) is 32.0 Å². The molecule has 33 heavy (non-hydrogen) atoms. The zero-order valence-corrected chi connectivity index (χ0v) is 19.9. The van der Waals surface area contributed by atoms with Gasteiger partial charge in [-0.2, -0.15) is 18.7 Å². The van der Waals surface area contributed by atoms with Crippen molar-refractivity contribution in [1.29, 1.82) is 5.26 Å². The largest absolute Gasteiger partial charge is 0.487 e. The molecule has 1 aliphatic heterocycles. The van der Waals surface area contributed by atoms with Crippen LogP contribution in [-0.2, 0) is 16.7 Å². The number of hydrogen-bond acceptors (Lipinski definition) is 9. The van der Waals surface area contributed by atoms with Gasteiger partial charge in [0.15, 0.2) is 0 Å². The van der Waals surface area contributed by atoms with Gasteiger partial charge in [0.05, 0.1) is 22.4 Å². The van der Waals surface area contributed by atoms with Crippen molar-refractivity contribution in [2.75, 3.05) is 10.7 Å². The van der Waals surface area contributed by atoms with Gasteiger partial charge in [0.2, 0.25) is 11.9 Å². The maximum absolute atomic E-state index is 9.56. The first-order valence-corrected chi connectivity index (χ1v) is 11.7. The van der Waals surface area contributed by atoms with Crippen LogP contribution in [0.1, 0.15) is 31.9 Å². The summed E-state index contributed by atoms with van der Waals surface area (Å²) in [6.07, 6.45) is 0. The molecule has 0 unspecified atom stereocenters. The number of benzene rings is 2. The van der Waals surface area contributed by atoms with Crippen molar-refractivity contribution in [3.8, 4) is 11.8 Å². The Morgan fingerprint density at radius 1 is 1.24 bits per heavy atom. The summed E-state index contributed by atoms with van der Waals surface area (Å²) in [4.78, 5) is 10.1. The average Bonchev–Trinajstić information content (AvgIpc) is 2.72. The van der Waals surface area contributed by atoms with E-state index < -0.39 is 15.8 Å². The Hall–Kier alpha value is -3.33. The van der Waals surface area contributed by atoms with Gasteiger partial charge in [0, 0.05) is 5.69 Å². The average molecular weight is 493 g/mol. The predicted octanol–water partition coefficient (Wildman–Crippen LogP) is 2.87. The van der Waals surface area contributed by atoms with Crippen LogP contribution in [0.4, 0.5) is 5.69 Å². The van der Waals surface area contributed by atoms with Gasteiger partial charge in [-0.3, -0.25) is 9.45 Å². The van der Waals surface area contributed by atoms with E-state index >= 15 is 0 Å². The molecule has 2 aromatic carbocycles. The molecule has 0 saturated carbocycles. The van der Waals surface area contributed by atoms with Crippen molar-refractivity contribution < 1.29 is 17.7 Å². The number of nitrogens with two attached hydrogens (primary N) is 2. The first-order chi connectivity index (χ1) is 15.4. The second-order valence-corrected chi connectivity index (χ2v) is 9.50. The standard InChI is InChI=1S/C19H19ClN6O.C2H6O3S/c1-19(2)25-17(22)24-18(23)26(19)14-6-7-16(15(20)9-14)27-11-13-5-3-4-12(8-13)10-21;1-2-6(3,4)5/h3-9H,11H2,1-2H3,(H4,22,23,24,25);2H2,1H3,(H,3,4,5). The number of anilines is 1. The van der Waals surface area contributed by atoms with Gasteiger partial charge >= 0.3 is 0 Å². The highest BCUT2D eigenvalue weighted by Crippen LogP contribution is 2.34. The molecule has 2 aromatic rings. The highest BCUT2D eigenvalue weighted by Gasteiger charge is 2.33. The smallest absolute Gasteiger partial charge is 0.264 e. The van der Waals surface area contributed by atoms with E-state index in [9.17, 15) is 8.42 Å². The molecule has 0 spiro atoms. The molecule has 176 valence electrons. The van der Waals surface area contributed by atoms with Crippen molar-refractivity contribution in [2.45, 2.75) is 33.0 Å². The lowest BCUT2D eigenvalue weighted by Gasteiger charge is -2.38. The Labute approximate surface area is 197 Å². The Morgan fingerprint density at radius 2 is 1.91 bits per heavy atom. The first kappa shape index (κ1) is 25.9. The van der Waals surface area contributed by atoms with E-state index in [1.165, 1.54) is 6.92 Å². The van der Waals surface area contributed by atoms with Crippen LogP contribution in [0.3, 0.4) is 0 Å². The molecule has 0 bridgehead atoms. The van der Waals surface area contributed by atoms with E-state index in [-0.39, 0.29) is 17.7 Å².